The van der Waals surface area contributed by atoms with Gasteiger partial charge in [-0.3, -0.25) is 4.79 Å². The Bertz CT molecular complexity index is 996. The van der Waals surface area contributed by atoms with Crippen molar-refractivity contribution < 1.29 is 14.6 Å². The molecule has 0 bridgehead atoms. The minimum absolute atomic E-state index is 0.104. The van der Waals surface area contributed by atoms with Crippen LogP contribution in [0.15, 0.2) is 62.6 Å². The van der Waals surface area contributed by atoms with Crippen LogP contribution in [0.2, 0.25) is 0 Å². The van der Waals surface area contributed by atoms with Gasteiger partial charge in [0.1, 0.15) is 11.5 Å². The number of aromatic hydroxyl groups is 1. The van der Waals surface area contributed by atoms with Crippen LogP contribution in [0.25, 0.3) is 10.8 Å². The van der Waals surface area contributed by atoms with Crippen LogP contribution < -0.4 is 10.2 Å². The highest BCUT2D eigenvalue weighted by molar-refractivity contribution is 9.11. The second kappa shape index (κ2) is 7.88. The third kappa shape index (κ3) is 3.89. The first kappa shape index (κ1) is 18.4. The zero-order valence-electron chi connectivity index (χ0n) is 13.7. The molecule has 0 aromatic heterocycles. The molecule has 0 saturated carbocycles. The number of rotatable bonds is 4. The van der Waals surface area contributed by atoms with Crippen LogP contribution in [0.3, 0.4) is 0 Å². The number of hydrogen-bond acceptors (Lipinski definition) is 4. The number of fused-ring (bicyclic) bond motifs is 1. The fourth-order valence-corrected chi connectivity index (χ4v) is 3.67. The van der Waals surface area contributed by atoms with E-state index in [9.17, 15) is 9.90 Å². The molecule has 3 rings (SSSR count). The number of methoxy groups -OCH3 is 1. The van der Waals surface area contributed by atoms with Gasteiger partial charge in [0.25, 0.3) is 5.91 Å². The average Bonchev–Trinajstić information content (AvgIpc) is 2.64. The smallest absolute Gasteiger partial charge is 0.275 e. The first-order chi connectivity index (χ1) is 12.5. The molecular weight excluding hydrogens is 464 g/mol. The summed E-state index contributed by atoms with van der Waals surface area (Å²) in [6.07, 6.45) is 1.49. The number of phenolic OH excluding ortho intramolecular Hbond substituents is 1. The molecule has 0 heterocycles. The molecule has 0 unspecified atom stereocenters. The first-order valence-corrected chi connectivity index (χ1v) is 9.16. The number of carbonyl (C=O) groups excluding carboxylic acids is 1. The topological polar surface area (TPSA) is 70.9 Å². The van der Waals surface area contributed by atoms with Gasteiger partial charge in [-0.05, 0) is 72.5 Å². The number of hydrazone groups is 1. The van der Waals surface area contributed by atoms with E-state index in [4.69, 9.17) is 4.74 Å². The van der Waals surface area contributed by atoms with Gasteiger partial charge < -0.3 is 9.84 Å². The minimum atomic E-state index is -0.374. The Morgan fingerprint density at radius 2 is 1.73 bits per heavy atom. The SMILES string of the molecule is COc1cc2ccccc2cc1C(=O)NN=Cc1cc(Br)c(O)c(Br)c1. The number of nitrogens with one attached hydrogen (secondary N) is 1. The Morgan fingerprint density at radius 1 is 1.12 bits per heavy atom. The summed E-state index contributed by atoms with van der Waals surface area (Å²) in [5, 5.41) is 15.6. The maximum atomic E-state index is 12.5. The number of ether oxygens (including phenoxy) is 1. The van der Waals surface area contributed by atoms with Crippen molar-refractivity contribution in [1.82, 2.24) is 5.43 Å². The second-order valence-corrected chi connectivity index (χ2v) is 7.14. The van der Waals surface area contributed by atoms with Crippen LogP contribution in [0.4, 0.5) is 0 Å². The van der Waals surface area contributed by atoms with Gasteiger partial charge in [-0.15, -0.1) is 0 Å². The fraction of sp³-hybridized carbons (Fsp3) is 0.0526. The molecule has 5 nitrogen and oxygen atoms in total. The molecule has 0 saturated heterocycles. The predicted octanol–water partition coefficient (Wildman–Crippen LogP) is 4.84. The molecular formula is C19H14Br2N2O3. The molecule has 2 N–H and O–H groups in total. The van der Waals surface area contributed by atoms with Crippen molar-refractivity contribution >= 4 is 54.8 Å². The summed E-state index contributed by atoms with van der Waals surface area (Å²) in [5.74, 6) is 0.208. The van der Waals surface area contributed by atoms with Gasteiger partial charge in [-0.25, -0.2) is 5.43 Å². The molecule has 0 aliphatic rings. The van der Waals surface area contributed by atoms with E-state index < -0.39 is 0 Å². The van der Waals surface area contributed by atoms with Gasteiger partial charge in [-0.1, -0.05) is 24.3 Å². The molecule has 0 radical (unpaired) electrons. The number of benzene rings is 3. The van der Waals surface area contributed by atoms with Gasteiger partial charge in [-0.2, -0.15) is 5.10 Å². The average molecular weight is 478 g/mol. The summed E-state index contributed by atoms with van der Waals surface area (Å²) in [6.45, 7) is 0. The van der Waals surface area contributed by atoms with E-state index in [0.29, 0.717) is 25.8 Å². The van der Waals surface area contributed by atoms with E-state index in [1.54, 1.807) is 18.2 Å². The van der Waals surface area contributed by atoms with Crippen LogP contribution >= 0.6 is 31.9 Å². The van der Waals surface area contributed by atoms with E-state index in [1.165, 1.54) is 13.3 Å². The maximum absolute atomic E-state index is 12.5. The molecule has 1 amide bonds. The van der Waals surface area contributed by atoms with Crippen molar-refractivity contribution in [3.63, 3.8) is 0 Å². The molecule has 3 aromatic rings. The number of amides is 1. The molecule has 26 heavy (non-hydrogen) atoms. The largest absolute Gasteiger partial charge is 0.506 e. The summed E-state index contributed by atoms with van der Waals surface area (Å²) in [6, 6.07) is 14.7. The summed E-state index contributed by atoms with van der Waals surface area (Å²) in [5.41, 5.74) is 3.60. The normalized spacial score (nSPS) is 11.0. The van der Waals surface area contributed by atoms with Crippen molar-refractivity contribution in [2.45, 2.75) is 0 Å². The summed E-state index contributed by atoms with van der Waals surface area (Å²) in [4.78, 5) is 12.5. The third-order valence-corrected chi connectivity index (χ3v) is 4.94. The number of hydrogen-bond donors (Lipinski definition) is 2. The molecule has 132 valence electrons. The van der Waals surface area contributed by atoms with Gasteiger partial charge >= 0.3 is 0 Å². The Kier molecular flexibility index (Phi) is 5.58. The van der Waals surface area contributed by atoms with Crippen molar-refractivity contribution in [2.24, 2.45) is 5.10 Å². The number of carbonyl (C=O) groups is 1. The van der Waals surface area contributed by atoms with Crippen molar-refractivity contribution in [1.29, 1.82) is 0 Å². The van der Waals surface area contributed by atoms with Crippen LogP contribution in [0.5, 0.6) is 11.5 Å². The number of phenols is 1. The Balaban J connectivity index is 1.83. The van der Waals surface area contributed by atoms with Gasteiger partial charge in [0.15, 0.2) is 0 Å². The number of nitrogens with zero attached hydrogens (tertiary/aromatic N) is 1. The van der Waals surface area contributed by atoms with E-state index in [-0.39, 0.29) is 11.7 Å². The molecule has 0 spiro atoms. The zero-order chi connectivity index (χ0) is 18.7. The molecule has 0 aliphatic carbocycles. The zero-order valence-corrected chi connectivity index (χ0v) is 16.8. The predicted molar refractivity (Wildman–Crippen MR) is 109 cm³/mol. The molecule has 7 heteroatoms. The minimum Gasteiger partial charge on any atom is -0.506 e. The van der Waals surface area contributed by atoms with Crippen LogP contribution in [-0.2, 0) is 0 Å². The van der Waals surface area contributed by atoms with Crippen molar-refractivity contribution in [3.8, 4) is 11.5 Å². The monoisotopic (exact) mass is 476 g/mol. The molecule has 0 atom stereocenters. The van der Waals surface area contributed by atoms with E-state index in [0.717, 1.165) is 10.8 Å². The fourth-order valence-electron chi connectivity index (χ4n) is 2.45. The van der Waals surface area contributed by atoms with Gasteiger partial charge in [0.05, 0.1) is 27.8 Å². The maximum Gasteiger partial charge on any atom is 0.275 e. The van der Waals surface area contributed by atoms with Crippen LogP contribution in [-0.4, -0.2) is 24.3 Å². The van der Waals surface area contributed by atoms with E-state index >= 15 is 0 Å². The highest BCUT2D eigenvalue weighted by Gasteiger charge is 2.13. The van der Waals surface area contributed by atoms with Gasteiger partial charge in [0, 0.05) is 0 Å². The lowest BCUT2D eigenvalue weighted by atomic mass is 10.1. The highest BCUT2D eigenvalue weighted by atomic mass is 79.9. The summed E-state index contributed by atoms with van der Waals surface area (Å²) < 4.78 is 6.38. The molecule has 0 aliphatic heterocycles. The molecule has 3 aromatic carbocycles. The third-order valence-electron chi connectivity index (χ3n) is 3.73. The van der Waals surface area contributed by atoms with Gasteiger partial charge in [0.2, 0.25) is 0 Å². The van der Waals surface area contributed by atoms with E-state index in [1.807, 2.05) is 30.3 Å². The van der Waals surface area contributed by atoms with Crippen molar-refractivity contribution in [3.05, 3.63) is 68.6 Å². The quantitative estimate of drug-likeness (QED) is 0.417. The highest BCUT2D eigenvalue weighted by Crippen LogP contribution is 2.32. The van der Waals surface area contributed by atoms with E-state index in [2.05, 4.69) is 42.4 Å². The summed E-state index contributed by atoms with van der Waals surface area (Å²) >= 11 is 6.50. The lowest BCUT2D eigenvalue weighted by molar-refractivity contribution is 0.0952. The standard InChI is InChI=1S/C19H14Br2N2O3/c1-26-17-9-13-5-3-2-4-12(13)8-14(17)19(25)23-22-10-11-6-15(20)18(24)16(21)7-11/h2-10,24H,1H3,(H,23,25). The Morgan fingerprint density at radius 3 is 2.35 bits per heavy atom. The second-order valence-electron chi connectivity index (χ2n) is 5.43. The summed E-state index contributed by atoms with van der Waals surface area (Å²) in [7, 11) is 1.52. The Labute approximate surface area is 166 Å². The first-order valence-electron chi connectivity index (χ1n) is 7.58. The van der Waals surface area contributed by atoms with Crippen LogP contribution in [0, 0.1) is 0 Å². The number of halogens is 2. The van der Waals surface area contributed by atoms with Crippen LogP contribution in [0.1, 0.15) is 15.9 Å². The van der Waals surface area contributed by atoms with Crippen molar-refractivity contribution in [2.75, 3.05) is 7.11 Å². The Hall–Kier alpha value is -2.38. The lowest BCUT2D eigenvalue weighted by Gasteiger charge is -2.09. The lowest BCUT2D eigenvalue weighted by Crippen LogP contribution is -2.18. The molecule has 0 fully saturated rings.